The van der Waals surface area contributed by atoms with Gasteiger partial charge in [-0.05, 0) is 40.0 Å². The summed E-state index contributed by atoms with van der Waals surface area (Å²) in [7, 11) is 0. The maximum Gasteiger partial charge on any atom is 0.319 e. The molecule has 0 fully saturated rings. The van der Waals surface area contributed by atoms with Crippen molar-refractivity contribution in [2.75, 3.05) is 5.32 Å². The minimum atomic E-state index is -0.213. The van der Waals surface area contributed by atoms with Gasteiger partial charge < -0.3 is 10.6 Å². The molecule has 2 amide bonds. The Morgan fingerprint density at radius 2 is 1.84 bits per heavy atom. The molecule has 0 saturated carbocycles. The van der Waals surface area contributed by atoms with E-state index in [4.69, 9.17) is 0 Å². The van der Waals surface area contributed by atoms with Crippen molar-refractivity contribution in [2.45, 2.75) is 13.5 Å². The molecule has 2 aromatic rings. The summed E-state index contributed by atoms with van der Waals surface area (Å²) < 4.78 is 0.907. The number of amides is 2. The molecule has 0 aliphatic heterocycles. The fourth-order valence-corrected chi connectivity index (χ4v) is 2.05. The molecule has 4 heteroatoms. The minimum Gasteiger partial charge on any atom is -0.334 e. The fourth-order valence-electron chi connectivity index (χ4n) is 1.69. The number of nitrogens with one attached hydrogen (secondary N) is 2. The zero-order valence-corrected chi connectivity index (χ0v) is 12.2. The Kier molecular flexibility index (Phi) is 4.58. The van der Waals surface area contributed by atoms with Crippen LogP contribution >= 0.6 is 15.9 Å². The number of benzene rings is 2. The number of aryl methyl sites for hydroxylation is 1. The predicted molar refractivity (Wildman–Crippen MR) is 81.2 cm³/mol. The van der Waals surface area contributed by atoms with Gasteiger partial charge in [-0.15, -0.1) is 0 Å². The molecule has 0 bridgehead atoms. The molecule has 0 heterocycles. The second-order valence-corrected chi connectivity index (χ2v) is 5.02. The van der Waals surface area contributed by atoms with Crippen molar-refractivity contribution in [3.8, 4) is 0 Å². The van der Waals surface area contributed by atoms with E-state index in [0.717, 1.165) is 21.3 Å². The van der Waals surface area contributed by atoms with Crippen LogP contribution in [0, 0.1) is 6.92 Å². The summed E-state index contributed by atoms with van der Waals surface area (Å²) in [4.78, 5) is 11.8. The van der Waals surface area contributed by atoms with E-state index in [9.17, 15) is 4.79 Å². The highest BCUT2D eigenvalue weighted by atomic mass is 79.9. The first-order valence-corrected chi connectivity index (χ1v) is 6.80. The number of hydrogen-bond donors (Lipinski definition) is 2. The van der Waals surface area contributed by atoms with Gasteiger partial charge in [-0.3, -0.25) is 0 Å². The molecule has 0 saturated heterocycles. The number of halogens is 1. The normalized spacial score (nSPS) is 10.0. The Bertz CT molecular complexity index is 570. The summed E-state index contributed by atoms with van der Waals surface area (Å²) in [5.74, 6) is 0. The lowest BCUT2D eigenvalue weighted by Crippen LogP contribution is -2.28. The van der Waals surface area contributed by atoms with Crippen LogP contribution in [0.3, 0.4) is 0 Å². The van der Waals surface area contributed by atoms with Crippen molar-refractivity contribution >= 4 is 27.6 Å². The second-order valence-electron chi connectivity index (χ2n) is 4.23. The van der Waals surface area contributed by atoms with E-state index in [0.29, 0.717) is 6.54 Å². The number of rotatable bonds is 3. The first kappa shape index (κ1) is 13.6. The van der Waals surface area contributed by atoms with Crippen molar-refractivity contribution < 1.29 is 4.79 Å². The molecule has 0 aliphatic carbocycles. The van der Waals surface area contributed by atoms with E-state index in [1.807, 2.05) is 55.5 Å². The van der Waals surface area contributed by atoms with Gasteiger partial charge in [-0.2, -0.15) is 0 Å². The van der Waals surface area contributed by atoms with E-state index >= 15 is 0 Å². The molecule has 0 aromatic heterocycles. The Labute approximate surface area is 121 Å². The van der Waals surface area contributed by atoms with Gasteiger partial charge in [-0.1, -0.05) is 42.5 Å². The summed E-state index contributed by atoms with van der Waals surface area (Å²) in [6.45, 7) is 2.49. The highest BCUT2D eigenvalue weighted by Gasteiger charge is 2.06. The van der Waals surface area contributed by atoms with Crippen LogP contribution in [-0.2, 0) is 6.54 Å². The smallest absolute Gasteiger partial charge is 0.319 e. The molecule has 2 N–H and O–H groups in total. The molecular weight excluding hydrogens is 304 g/mol. The van der Waals surface area contributed by atoms with E-state index in [2.05, 4.69) is 26.6 Å². The van der Waals surface area contributed by atoms with E-state index in [1.165, 1.54) is 0 Å². The van der Waals surface area contributed by atoms with Crippen LogP contribution in [0.1, 0.15) is 11.1 Å². The Morgan fingerprint density at radius 3 is 2.58 bits per heavy atom. The molecule has 3 nitrogen and oxygen atoms in total. The highest BCUT2D eigenvalue weighted by Crippen LogP contribution is 2.25. The summed E-state index contributed by atoms with van der Waals surface area (Å²) in [6.07, 6.45) is 0. The van der Waals surface area contributed by atoms with Crippen LogP contribution in [0.4, 0.5) is 10.5 Å². The third-order valence-electron chi connectivity index (χ3n) is 2.74. The monoisotopic (exact) mass is 318 g/mol. The van der Waals surface area contributed by atoms with E-state index in [-0.39, 0.29) is 6.03 Å². The lowest BCUT2D eigenvalue weighted by molar-refractivity contribution is 0.251. The molecular formula is C15H15BrN2O. The molecule has 0 spiro atoms. The zero-order valence-electron chi connectivity index (χ0n) is 10.6. The number of carbonyl (C=O) groups excluding carboxylic acids is 1. The molecule has 19 heavy (non-hydrogen) atoms. The van der Waals surface area contributed by atoms with Gasteiger partial charge in [0.25, 0.3) is 0 Å². The predicted octanol–water partition coefficient (Wildman–Crippen LogP) is 4.08. The lowest BCUT2D eigenvalue weighted by atomic mass is 10.2. The lowest BCUT2D eigenvalue weighted by Gasteiger charge is -2.10. The number of urea groups is 1. The van der Waals surface area contributed by atoms with Crippen molar-refractivity contribution in [2.24, 2.45) is 0 Å². The summed E-state index contributed by atoms with van der Waals surface area (Å²) >= 11 is 3.46. The van der Waals surface area contributed by atoms with Gasteiger partial charge in [-0.25, -0.2) is 4.79 Å². The molecule has 0 unspecified atom stereocenters. The van der Waals surface area contributed by atoms with Crippen molar-refractivity contribution in [1.82, 2.24) is 5.32 Å². The standard InChI is InChI=1S/C15H15BrN2O/c1-11-6-5-9-13(14(11)16)18-15(19)17-10-12-7-3-2-4-8-12/h2-9H,10H2,1H3,(H2,17,18,19). The number of anilines is 1. The first-order valence-electron chi connectivity index (χ1n) is 6.00. The van der Waals surface area contributed by atoms with Crippen molar-refractivity contribution in [3.05, 3.63) is 64.1 Å². The van der Waals surface area contributed by atoms with Crippen LogP contribution in [0.5, 0.6) is 0 Å². The second kappa shape index (κ2) is 6.38. The minimum absolute atomic E-state index is 0.213. The highest BCUT2D eigenvalue weighted by molar-refractivity contribution is 9.10. The van der Waals surface area contributed by atoms with Crippen LogP contribution in [0.25, 0.3) is 0 Å². The molecule has 98 valence electrons. The first-order chi connectivity index (χ1) is 9.16. The fraction of sp³-hybridized carbons (Fsp3) is 0.133. The molecule has 0 atom stereocenters. The molecule has 2 aromatic carbocycles. The van der Waals surface area contributed by atoms with Crippen LogP contribution in [-0.4, -0.2) is 6.03 Å². The van der Waals surface area contributed by atoms with Gasteiger partial charge in [0.05, 0.1) is 5.69 Å². The maximum absolute atomic E-state index is 11.8. The zero-order chi connectivity index (χ0) is 13.7. The maximum atomic E-state index is 11.8. The SMILES string of the molecule is Cc1cccc(NC(=O)NCc2ccccc2)c1Br. The van der Waals surface area contributed by atoms with Gasteiger partial charge in [0, 0.05) is 11.0 Å². The average Bonchev–Trinajstić information content (AvgIpc) is 2.43. The summed E-state index contributed by atoms with van der Waals surface area (Å²) in [6, 6.07) is 15.3. The van der Waals surface area contributed by atoms with E-state index in [1.54, 1.807) is 0 Å². The average molecular weight is 319 g/mol. The summed E-state index contributed by atoms with van der Waals surface area (Å²) in [5, 5.41) is 5.65. The molecule has 0 aliphatic rings. The van der Waals surface area contributed by atoms with Crippen molar-refractivity contribution in [3.63, 3.8) is 0 Å². The Hall–Kier alpha value is -1.81. The molecule has 0 radical (unpaired) electrons. The largest absolute Gasteiger partial charge is 0.334 e. The van der Waals surface area contributed by atoms with Gasteiger partial charge in [0.15, 0.2) is 0 Å². The van der Waals surface area contributed by atoms with Gasteiger partial charge in [0.1, 0.15) is 0 Å². The van der Waals surface area contributed by atoms with Crippen LogP contribution < -0.4 is 10.6 Å². The molecule has 2 rings (SSSR count). The summed E-state index contributed by atoms with van der Waals surface area (Å²) in [5.41, 5.74) is 2.92. The van der Waals surface area contributed by atoms with Crippen LogP contribution in [0.2, 0.25) is 0 Å². The topological polar surface area (TPSA) is 41.1 Å². The third-order valence-corrected chi connectivity index (χ3v) is 3.79. The van der Waals surface area contributed by atoms with E-state index < -0.39 is 0 Å². The van der Waals surface area contributed by atoms with Crippen LogP contribution in [0.15, 0.2) is 53.0 Å². The third kappa shape index (κ3) is 3.83. The quantitative estimate of drug-likeness (QED) is 0.879. The Balaban J connectivity index is 1.93. The van der Waals surface area contributed by atoms with Gasteiger partial charge >= 0.3 is 6.03 Å². The number of carbonyl (C=O) groups is 1. The Morgan fingerprint density at radius 1 is 1.11 bits per heavy atom. The van der Waals surface area contributed by atoms with Gasteiger partial charge in [0.2, 0.25) is 0 Å². The number of hydrogen-bond acceptors (Lipinski definition) is 1. The van der Waals surface area contributed by atoms with Crippen molar-refractivity contribution in [1.29, 1.82) is 0 Å².